The van der Waals surface area contributed by atoms with Gasteiger partial charge in [0, 0.05) is 27.2 Å². The Morgan fingerprint density at radius 1 is 1.29 bits per heavy atom. The van der Waals surface area contributed by atoms with Gasteiger partial charge in [0.2, 0.25) is 0 Å². The number of urea groups is 1. The van der Waals surface area contributed by atoms with E-state index in [4.69, 9.17) is 0 Å². The molecular weight excluding hydrogens is 315 g/mol. The van der Waals surface area contributed by atoms with Crippen molar-refractivity contribution in [3.05, 3.63) is 42.0 Å². The van der Waals surface area contributed by atoms with E-state index in [0.29, 0.717) is 13.1 Å². The standard InChI is InChI=1S/C15H17FN6O2/c1-20(2)14(23)13-9-22(19-18-13)10-7-21(8-10)15(24)17-12-6-4-3-5-11(12)16/h3-6,9-10H,7-8H2,1-2H3,(H,17,24). The highest BCUT2D eigenvalue weighted by molar-refractivity contribution is 5.91. The number of hydrogen-bond acceptors (Lipinski definition) is 4. The van der Waals surface area contributed by atoms with E-state index in [1.54, 1.807) is 37.1 Å². The van der Waals surface area contributed by atoms with Crippen molar-refractivity contribution >= 4 is 17.6 Å². The van der Waals surface area contributed by atoms with Gasteiger partial charge in [0.25, 0.3) is 5.91 Å². The van der Waals surface area contributed by atoms with Crippen molar-refractivity contribution in [1.82, 2.24) is 24.8 Å². The highest BCUT2D eigenvalue weighted by atomic mass is 19.1. The smallest absolute Gasteiger partial charge is 0.322 e. The Labute approximate surface area is 137 Å². The highest BCUT2D eigenvalue weighted by Crippen LogP contribution is 2.22. The number of carbonyl (C=O) groups is 2. The van der Waals surface area contributed by atoms with E-state index in [9.17, 15) is 14.0 Å². The highest BCUT2D eigenvalue weighted by Gasteiger charge is 2.33. The van der Waals surface area contributed by atoms with Gasteiger partial charge in [0.15, 0.2) is 5.69 Å². The minimum Gasteiger partial charge on any atom is -0.343 e. The van der Waals surface area contributed by atoms with Gasteiger partial charge in [-0.3, -0.25) is 4.79 Å². The summed E-state index contributed by atoms with van der Waals surface area (Å²) in [5.74, 6) is -0.708. The number of aromatic nitrogens is 3. The van der Waals surface area contributed by atoms with Crippen molar-refractivity contribution < 1.29 is 14.0 Å². The van der Waals surface area contributed by atoms with E-state index in [2.05, 4.69) is 15.6 Å². The predicted octanol–water partition coefficient (Wildman–Crippen LogP) is 1.21. The van der Waals surface area contributed by atoms with E-state index in [1.165, 1.54) is 21.9 Å². The number of benzene rings is 1. The first-order valence-corrected chi connectivity index (χ1v) is 7.39. The van der Waals surface area contributed by atoms with Gasteiger partial charge in [-0.05, 0) is 12.1 Å². The average molecular weight is 332 g/mol. The Morgan fingerprint density at radius 3 is 2.67 bits per heavy atom. The maximum absolute atomic E-state index is 13.5. The summed E-state index contributed by atoms with van der Waals surface area (Å²) >= 11 is 0. The zero-order valence-electron chi connectivity index (χ0n) is 13.3. The number of likely N-dealkylation sites (tertiary alicyclic amines) is 1. The third kappa shape index (κ3) is 3.05. The minimum atomic E-state index is -0.481. The number of carbonyl (C=O) groups excluding carboxylic acids is 2. The lowest BCUT2D eigenvalue weighted by Gasteiger charge is -2.38. The van der Waals surface area contributed by atoms with Crippen LogP contribution in [-0.2, 0) is 0 Å². The molecule has 126 valence electrons. The lowest BCUT2D eigenvalue weighted by Crippen LogP contribution is -2.52. The largest absolute Gasteiger partial charge is 0.343 e. The van der Waals surface area contributed by atoms with Crippen LogP contribution in [0.25, 0.3) is 0 Å². The summed E-state index contributed by atoms with van der Waals surface area (Å²) in [6, 6.07) is 5.57. The Balaban J connectivity index is 1.56. The lowest BCUT2D eigenvalue weighted by atomic mass is 10.1. The van der Waals surface area contributed by atoms with Gasteiger partial charge >= 0.3 is 6.03 Å². The second kappa shape index (κ2) is 6.26. The summed E-state index contributed by atoms with van der Waals surface area (Å²) < 4.78 is 15.1. The van der Waals surface area contributed by atoms with Crippen molar-refractivity contribution in [1.29, 1.82) is 0 Å². The molecule has 1 saturated heterocycles. The predicted molar refractivity (Wildman–Crippen MR) is 84.1 cm³/mol. The van der Waals surface area contributed by atoms with Crippen LogP contribution in [0, 0.1) is 5.82 Å². The second-order valence-corrected chi connectivity index (χ2v) is 5.75. The molecule has 1 fully saturated rings. The van der Waals surface area contributed by atoms with Crippen LogP contribution in [0.3, 0.4) is 0 Å². The zero-order chi connectivity index (χ0) is 17.3. The molecule has 3 amide bonds. The minimum absolute atomic E-state index is 0.0485. The summed E-state index contributed by atoms with van der Waals surface area (Å²) in [5, 5.41) is 10.3. The number of anilines is 1. The van der Waals surface area contributed by atoms with Crippen LogP contribution < -0.4 is 5.32 Å². The fraction of sp³-hybridized carbons (Fsp3) is 0.333. The van der Waals surface area contributed by atoms with Crippen LogP contribution in [0.4, 0.5) is 14.9 Å². The van der Waals surface area contributed by atoms with Gasteiger partial charge in [-0.1, -0.05) is 17.3 Å². The zero-order valence-corrected chi connectivity index (χ0v) is 13.3. The average Bonchev–Trinajstić information content (AvgIpc) is 2.96. The molecule has 9 heteroatoms. The number of para-hydroxylation sites is 1. The molecule has 1 aliphatic heterocycles. The molecule has 2 aromatic rings. The molecule has 24 heavy (non-hydrogen) atoms. The summed E-state index contributed by atoms with van der Waals surface area (Å²) in [5.41, 5.74) is 0.403. The van der Waals surface area contributed by atoms with E-state index < -0.39 is 5.82 Å². The van der Waals surface area contributed by atoms with E-state index in [-0.39, 0.29) is 29.4 Å². The Hall–Kier alpha value is -2.97. The number of hydrogen-bond donors (Lipinski definition) is 1. The summed E-state index contributed by atoms with van der Waals surface area (Å²) in [7, 11) is 3.28. The maximum atomic E-state index is 13.5. The van der Waals surface area contributed by atoms with Crippen molar-refractivity contribution in [2.75, 3.05) is 32.5 Å². The molecule has 3 rings (SSSR count). The van der Waals surface area contributed by atoms with Crippen LogP contribution in [0.2, 0.25) is 0 Å². The molecule has 1 aromatic carbocycles. The first-order chi connectivity index (χ1) is 11.5. The van der Waals surface area contributed by atoms with Gasteiger partial charge in [0.1, 0.15) is 5.82 Å². The molecule has 0 atom stereocenters. The Morgan fingerprint density at radius 2 is 2.00 bits per heavy atom. The molecule has 1 aliphatic rings. The van der Waals surface area contributed by atoms with Crippen molar-refractivity contribution in [3.8, 4) is 0 Å². The first kappa shape index (κ1) is 15.9. The number of rotatable bonds is 3. The number of nitrogens with one attached hydrogen (secondary N) is 1. The van der Waals surface area contributed by atoms with Gasteiger partial charge in [-0.2, -0.15) is 0 Å². The molecule has 1 N–H and O–H groups in total. The molecule has 0 bridgehead atoms. The SMILES string of the molecule is CN(C)C(=O)c1cn(C2CN(C(=O)Nc3ccccc3F)C2)nn1. The lowest BCUT2D eigenvalue weighted by molar-refractivity contribution is 0.0821. The molecule has 2 heterocycles. The first-order valence-electron chi connectivity index (χ1n) is 7.39. The number of nitrogens with zero attached hydrogens (tertiary/aromatic N) is 5. The van der Waals surface area contributed by atoms with Gasteiger partial charge < -0.3 is 15.1 Å². The summed E-state index contributed by atoms with van der Waals surface area (Å²) in [4.78, 5) is 26.8. The van der Waals surface area contributed by atoms with Crippen LogP contribution in [0.5, 0.6) is 0 Å². The molecule has 8 nitrogen and oxygen atoms in total. The second-order valence-electron chi connectivity index (χ2n) is 5.75. The molecule has 0 unspecified atom stereocenters. The maximum Gasteiger partial charge on any atom is 0.322 e. The van der Waals surface area contributed by atoms with Crippen molar-refractivity contribution in [2.24, 2.45) is 0 Å². The molecular formula is C15H17FN6O2. The van der Waals surface area contributed by atoms with Crippen LogP contribution in [-0.4, -0.2) is 63.9 Å². The summed E-state index contributed by atoms with van der Waals surface area (Å²) in [6.07, 6.45) is 1.57. The van der Waals surface area contributed by atoms with Crippen LogP contribution in [0.1, 0.15) is 16.5 Å². The number of amides is 3. The van der Waals surface area contributed by atoms with Gasteiger partial charge in [-0.15, -0.1) is 5.10 Å². The van der Waals surface area contributed by atoms with Crippen LogP contribution in [0.15, 0.2) is 30.5 Å². The van der Waals surface area contributed by atoms with E-state index in [1.807, 2.05) is 0 Å². The Kier molecular flexibility index (Phi) is 4.15. The molecule has 1 aromatic heterocycles. The molecule has 0 radical (unpaired) electrons. The third-order valence-electron chi connectivity index (χ3n) is 3.77. The van der Waals surface area contributed by atoms with E-state index in [0.717, 1.165) is 0 Å². The number of halogens is 1. The normalized spacial score (nSPS) is 14.2. The Bertz CT molecular complexity index is 769. The van der Waals surface area contributed by atoms with Crippen molar-refractivity contribution in [2.45, 2.75) is 6.04 Å². The summed E-state index contributed by atoms with van der Waals surface area (Å²) in [6.45, 7) is 0.832. The third-order valence-corrected chi connectivity index (χ3v) is 3.77. The quantitative estimate of drug-likeness (QED) is 0.916. The molecule has 0 aliphatic carbocycles. The van der Waals surface area contributed by atoms with E-state index >= 15 is 0 Å². The molecule has 0 spiro atoms. The van der Waals surface area contributed by atoms with Gasteiger partial charge in [-0.25, -0.2) is 13.9 Å². The topological polar surface area (TPSA) is 83.4 Å². The molecule has 0 saturated carbocycles. The van der Waals surface area contributed by atoms with Crippen molar-refractivity contribution in [3.63, 3.8) is 0 Å². The fourth-order valence-corrected chi connectivity index (χ4v) is 2.33. The fourth-order valence-electron chi connectivity index (χ4n) is 2.33. The van der Waals surface area contributed by atoms with Crippen LogP contribution >= 0.6 is 0 Å². The van der Waals surface area contributed by atoms with Gasteiger partial charge in [0.05, 0.1) is 17.9 Å². The monoisotopic (exact) mass is 332 g/mol.